The Morgan fingerprint density at radius 2 is 1.73 bits per heavy atom. The lowest BCUT2D eigenvalue weighted by Crippen LogP contribution is -2.18. The standard InChI is InChI=1S/C18H14ClF3N2O2/c1-10-7-12-8-16(26-18(20,21)22)15(25-2)9-14(12)17(24-23-10)11-3-5-13(19)6-4-11/h3-6,8-9H,7H2,1-2H3. The van der Waals surface area contributed by atoms with Crippen molar-refractivity contribution in [3.05, 3.63) is 58.1 Å². The van der Waals surface area contributed by atoms with Crippen LogP contribution in [0.5, 0.6) is 11.5 Å². The molecule has 0 unspecified atom stereocenters. The third kappa shape index (κ3) is 3.99. The van der Waals surface area contributed by atoms with Gasteiger partial charge in [0.1, 0.15) is 5.71 Å². The van der Waals surface area contributed by atoms with E-state index in [4.69, 9.17) is 16.3 Å². The van der Waals surface area contributed by atoms with Crippen molar-refractivity contribution < 1.29 is 22.6 Å². The number of benzene rings is 2. The molecule has 2 aromatic rings. The van der Waals surface area contributed by atoms with Crippen molar-refractivity contribution in [3.8, 4) is 11.5 Å². The number of halogens is 4. The number of ether oxygens (including phenoxy) is 2. The lowest BCUT2D eigenvalue weighted by Gasteiger charge is -2.17. The van der Waals surface area contributed by atoms with Crippen LogP contribution >= 0.6 is 11.6 Å². The number of nitrogens with zero attached hydrogens (tertiary/aromatic N) is 2. The topological polar surface area (TPSA) is 43.2 Å². The van der Waals surface area contributed by atoms with E-state index in [1.807, 2.05) is 0 Å². The van der Waals surface area contributed by atoms with Crippen molar-refractivity contribution in [3.63, 3.8) is 0 Å². The van der Waals surface area contributed by atoms with Gasteiger partial charge in [0.25, 0.3) is 0 Å². The van der Waals surface area contributed by atoms with Crippen LogP contribution in [0.1, 0.15) is 23.6 Å². The average molecular weight is 383 g/mol. The van der Waals surface area contributed by atoms with Crippen molar-refractivity contribution in [2.45, 2.75) is 19.7 Å². The second-order valence-electron chi connectivity index (χ2n) is 5.68. The molecule has 0 radical (unpaired) electrons. The van der Waals surface area contributed by atoms with Crippen LogP contribution in [-0.2, 0) is 6.42 Å². The van der Waals surface area contributed by atoms with Gasteiger partial charge >= 0.3 is 6.36 Å². The van der Waals surface area contributed by atoms with Crippen LogP contribution in [0.3, 0.4) is 0 Å². The van der Waals surface area contributed by atoms with Gasteiger partial charge in [-0.15, -0.1) is 18.3 Å². The molecule has 1 aliphatic heterocycles. The summed E-state index contributed by atoms with van der Waals surface area (Å²) in [4.78, 5) is 0. The van der Waals surface area contributed by atoms with Gasteiger partial charge in [0.05, 0.1) is 7.11 Å². The molecule has 0 bridgehead atoms. The molecule has 1 aliphatic rings. The predicted octanol–water partition coefficient (Wildman–Crippen LogP) is 5.02. The van der Waals surface area contributed by atoms with E-state index in [0.29, 0.717) is 34.0 Å². The summed E-state index contributed by atoms with van der Waals surface area (Å²) in [5, 5.41) is 8.98. The van der Waals surface area contributed by atoms with Gasteiger partial charge in [0.2, 0.25) is 0 Å². The fraction of sp³-hybridized carbons (Fsp3) is 0.222. The minimum absolute atomic E-state index is 0.0395. The first-order chi connectivity index (χ1) is 12.3. The molecule has 0 saturated heterocycles. The highest BCUT2D eigenvalue weighted by Gasteiger charge is 2.33. The van der Waals surface area contributed by atoms with Gasteiger partial charge in [-0.2, -0.15) is 5.10 Å². The molecule has 0 atom stereocenters. The highest BCUT2D eigenvalue weighted by atomic mass is 35.5. The molecule has 0 aliphatic carbocycles. The summed E-state index contributed by atoms with van der Waals surface area (Å²) < 4.78 is 47.3. The molecule has 0 fully saturated rings. The second kappa shape index (κ2) is 6.99. The van der Waals surface area contributed by atoms with Crippen molar-refractivity contribution in [2.24, 2.45) is 10.2 Å². The van der Waals surface area contributed by atoms with E-state index >= 15 is 0 Å². The van der Waals surface area contributed by atoms with Crippen molar-refractivity contribution in [1.29, 1.82) is 0 Å². The average Bonchev–Trinajstić information content (AvgIpc) is 2.71. The Hall–Kier alpha value is -2.54. The zero-order valence-corrected chi connectivity index (χ0v) is 14.6. The first kappa shape index (κ1) is 18.3. The Morgan fingerprint density at radius 1 is 1.04 bits per heavy atom. The fourth-order valence-corrected chi connectivity index (χ4v) is 2.78. The molecule has 26 heavy (non-hydrogen) atoms. The summed E-state index contributed by atoms with van der Waals surface area (Å²) in [7, 11) is 1.28. The maximum Gasteiger partial charge on any atom is 0.573 e. The Bertz CT molecular complexity index is 891. The van der Waals surface area contributed by atoms with Gasteiger partial charge in [0, 0.05) is 28.3 Å². The molecule has 0 saturated carbocycles. The van der Waals surface area contributed by atoms with E-state index in [2.05, 4.69) is 14.9 Å². The van der Waals surface area contributed by atoms with Crippen molar-refractivity contribution in [2.75, 3.05) is 7.11 Å². The Balaban J connectivity index is 2.16. The predicted molar refractivity (Wildman–Crippen MR) is 93.6 cm³/mol. The quantitative estimate of drug-likeness (QED) is 0.748. The minimum atomic E-state index is -4.82. The van der Waals surface area contributed by atoms with Crippen LogP contribution in [0.4, 0.5) is 13.2 Å². The first-order valence-electron chi connectivity index (χ1n) is 7.61. The molecule has 0 spiro atoms. The maximum atomic E-state index is 12.7. The van der Waals surface area contributed by atoms with Gasteiger partial charge in [-0.3, -0.25) is 0 Å². The minimum Gasteiger partial charge on any atom is -0.493 e. The van der Waals surface area contributed by atoms with Gasteiger partial charge < -0.3 is 9.47 Å². The molecular weight excluding hydrogens is 369 g/mol. The largest absolute Gasteiger partial charge is 0.573 e. The monoisotopic (exact) mass is 382 g/mol. The molecule has 2 aromatic carbocycles. The number of hydrogen-bond acceptors (Lipinski definition) is 4. The molecule has 0 amide bonds. The third-order valence-electron chi connectivity index (χ3n) is 3.75. The molecular formula is C18H14ClF3N2O2. The highest BCUT2D eigenvalue weighted by Crippen LogP contribution is 2.36. The summed E-state index contributed by atoms with van der Waals surface area (Å²) in [5.74, 6) is -0.439. The SMILES string of the molecule is COc1cc2c(cc1OC(F)(F)F)CC(C)=NN=C2c1ccc(Cl)cc1. The lowest BCUT2D eigenvalue weighted by molar-refractivity contribution is -0.275. The number of rotatable bonds is 3. The van der Waals surface area contributed by atoms with Crippen molar-refractivity contribution in [1.82, 2.24) is 0 Å². The molecule has 1 heterocycles. The fourth-order valence-electron chi connectivity index (χ4n) is 2.65. The number of alkyl halides is 3. The third-order valence-corrected chi connectivity index (χ3v) is 4.01. The van der Waals surface area contributed by atoms with Crippen LogP contribution in [0.15, 0.2) is 46.6 Å². The Kier molecular flexibility index (Phi) is 4.91. The van der Waals surface area contributed by atoms with E-state index in [0.717, 1.165) is 5.56 Å². The highest BCUT2D eigenvalue weighted by molar-refractivity contribution is 6.30. The van der Waals surface area contributed by atoms with Gasteiger partial charge in [-0.05, 0) is 36.8 Å². The molecule has 136 valence electrons. The first-order valence-corrected chi connectivity index (χ1v) is 7.98. The van der Waals surface area contributed by atoms with E-state index in [1.54, 1.807) is 31.2 Å². The second-order valence-corrected chi connectivity index (χ2v) is 6.11. The van der Waals surface area contributed by atoms with Crippen molar-refractivity contribution >= 4 is 23.0 Å². The summed E-state index contributed by atoms with van der Waals surface area (Å²) in [6.07, 6.45) is -4.48. The van der Waals surface area contributed by atoms with Crippen LogP contribution in [0.25, 0.3) is 0 Å². The Labute approximate surface area is 152 Å². The van der Waals surface area contributed by atoms with E-state index in [-0.39, 0.29) is 5.75 Å². The molecule has 4 nitrogen and oxygen atoms in total. The van der Waals surface area contributed by atoms with Crippen LogP contribution in [-0.4, -0.2) is 24.9 Å². The summed E-state index contributed by atoms with van der Waals surface area (Å²) in [6, 6.07) is 9.76. The molecule has 0 N–H and O–H groups in total. The maximum absolute atomic E-state index is 12.7. The van der Waals surface area contributed by atoms with Gasteiger partial charge in [0.15, 0.2) is 11.5 Å². The van der Waals surface area contributed by atoms with Gasteiger partial charge in [-0.1, -0.05) is 23.7 Å². The number of hydrogen-bond donors (Lipinski definition) is 0. The van der Waals surface area contributed by atoms with Crippen LogP contribution < -0.4 is 9.47 Å². The normalized spacial score (nSPS) is 14.1. The van der Waals surface area contributed by atoms with Crippen LogP contribution in [0, 0.1) is 0 Å². The molecule has 0 aromatic heterocycles. The zero-order valence-electron chi connectivity index (χ0n) is 13.9. The Morgan fingerprint density at radius 3 is 2.35 bits per heavy atom. The molecule has 8 heteroatoms. The van der Waals surface area contributed by atoms with Gasteiger partial charge in [-0.25, -0.2) is 0 Å². The summed E-state index contributed by atoms with van der Waals surface area (Å²) >= 11 is 5.93. The zero-order chi connectivity index (χ0) is 18.9. The van der Waals surface area contributed by atoms with E-state index in [9.17, 15) is 13.2 Å². The van der Waals surface area contributed by atoms with E-state index in [1.165, 1.54) is 19.2 Å². The molecule has 3 rings (SSSR count). The lowest BCUT2D eigenvalue weighted by atomic mass is 9.94. The van der Waals surface area contributed by atoms with Crippen LogP contribution in [0.2, 0.25) is 5.02 Å². The summed E-state index contributed by atoms with van der Waals surface area (Å²) in [6.45, 7) is 1.76. The smallest absolute Gasteiger partial charge is 0.493 e. The summed E-state index contributed by atoms with van der Waals surface area (Å²) in [5.41, 5.74) is 3.15. The van der Waals surface area contributed by atoms with E-state index < -0.39 is 12.1 Å². The number of methoxy groups -OCH3 is 1. The number of fused-ring (bicyclic) bond motifs is 1.